The molecule has 0 saturated carbocycles. The van der Waals surface area contributed by atoms with Crippen molar-refractivity contribution in [1.29, 1.82) is 0 Å². The van der Waals surface area contributed by atoms with Gasteiger partial charge in [-0.25, -0.2) is 4.89 Å². The Bertz CT molecular complexity index is 79.7. The zero-order valence-corrected chi connectivity index (χ0v) is 5.05. The molecular weight excluding hydrogens is 108 g/mol. The Morgan fingerprint density at radius 3 is 2.50 bits per heavy atom. The normalized spacial score (nSPS) is 13.4. The van der Waals surface area contributed by atoms with Gasteiger partial charge in [0.2, 0.25) is 0 Å². The molecule has 1 unspecified atom stereocenters. The number of hydrogen-bond acceptors (Lipinski definition) is 3. The van der Waals surface area contributed by atoms with Gasteiger partial charge in [0.05, 0.1) is 6.10 Å². The number of rotatable bonds is 3. The van der Waals surface area contributed by atoms with Crippen LogP contribution in [0.15, 0.2) is 0 Å². The fourth-order valence-electron chi connectivity index (χ4n) is 0.442. The van der Waals surface area contributed by atoms with Gasteiger partial charge in [-0.3, -0.25) is 10.1 Å². The standard InChI is InChI=1S/C5H10O3/c1-4(6)3-5(2)8-7/h5,7H,3H2,1-2H3. The lowest BCUT2D eigenvalue weighted by Gasteiger charge is -2.01. The summed E-state index contributed by atoms with van der Waals surface area (Å²) in [6, 6.07) is 0. The molecule has 0 heterocycles. The zero-order chi connectivity index (χ0) is 6.57. The number of Topliss-reactive ketones (excluding diaryl/α,β-unsaturated/α-hetero) is 1. The highest BCUT2D eigenvalue weighted by molar-refractivity contribution is 5.75. The zero-order valence-electron chi connectivity index (χ0n) is 5.05. The molecule has 48 valence electrons. The van der Waals surface area contributed by atoms with Gasteiger partial charge in [-0.05, 0) is 13.8 Å². The average Bonchev–Trinajstić information content (AvgIpc) is 1.65. The minimum atomic E-state index is -0.368. The largest absolute Gasteiger partial charge is 0.300 e. The first kappa shape index (κ1) is 7.59. The van der Waals surface area contributed by atoms with Crippen molar-refractivity contribution < 1.29 is 14.9 Å². The Hall–Kier alpha value is -0.410. The van der Waals surface area contributed by atoms with E-state index in [4.69, 9.17) is 5.26 Å². The van der Waals surface area contributed by atoms with Gasteiger partial charge in [-0.2, -0.15) is 0 Å². The van der Waals surface area contributed by atoms with Gasteiger partial charge < -0.3 is 0 Å². The molecule has 0 aliphatic heterocycles. The Balaban J connectivity index is 3.24. The fourth-order valence-corrected chi connectivity index (χ4v) is 0.442. The highest BCUT2D eigenvalue weighted by atomic mass is 17.1. The highest BCUT2D eigenvalue weighted by Gasteiger charge is 2.02. The van der Waals surface area contributed by atoms with E-state index in [2.05, 4.69) is 4.89 Å². The second-order valence-corrected chi connectivity index (χ2v) is 1.82. The SMILES string of the molecule is CC(=O)CC(C)OO. The van der Waals surface area contributed by atoms with Crippen molar-refractivity contribution >= 4 is 5.78 Å². The van der Waals surface area contributed by atoms with Crippen molar-refractivity contribution in [1.82, 2.24) is 0 Å². The van der Waals surface area contributed by atoms with Crippen LogP contribution in [0.2, 0.25) is 0 Å². The average molecular weight is 118 g/mol. The molecule has 0 aliphatic rings. The number of carbonyl (C=O) groups excluding carboxylic acids is 1. The molecule has 0 fully saturated rings. The van der Waals surface area contributed by atoms with Crippen LogP contribution in [0.5, 0.6) is 0 Å². The number of ketones is 1. The summed E-state index contributed by atoms with van der Waals surface area (Å²) >= 11 is 0. The second kappa shape index (κ2) is 3.57. The van der Waals surface area contributed by atoms with Gasteiger partial charge in [0.25, 0.3) is 0 Å². The van der Waals surface area contributed by atoms with Crippen molar-refractivity contribution in [3.8, 4) is 0 Å². The summed E-state index contributed by atoms with van der Waals surface area (Å²) in [4.78, 5) is 14.1. The molecule has 1 N–H and O–H groups in total. The van der Waals surface area contributed by atoms with E-state index in [1.807, 2.05) is 0 Å². The lowest BCUT2D eigenvalue weighted by atomic mass is 10.2. The molecule has 0 rings (SSSR count). The highest BCUT2D eigenvalue weighted by Crippen LogP contribution is 1.93. The van der Waals surface area contributed by atoms with Crippen molar-refractivity contribution in [2.45, 2.75) is 26.4 Å². The maximum atomic E-state index is 10.2. The van der Waals surface area contributed by atoms with E-state index in [0.29, 0.717) is 0 Å². The van der Waals surface area contributed by atoms with Crippen LogP contribution in [0.1, 0.15) is 20.3 Å². The molecule has 0 aromatic carbocycles. The third kappa shape index (κ3) is 3.77. The molecule has 1 atom stereocenters. The van der Waals surface area contributed by atoms with Crippen LogP contribution < -0.4 is 0 Å². The Morgan fingerprint density at radius 1 is 1.88 bits per heavy atom. The van der Waals surface area contributed by atoms with Crippen LogP contribution in [-0.4, -0.2) is 17.1 Å². The third-order valence-electron chi connectivity index (χ3n) is 0.755. The summed E-state index contributed by atoms with van der Waals surface area (Å²) in [5.74, 6) is 0.0200. The smallest absolute Gasteiger partial charge is 0.132 e. The molecular formula is C5H10O3. The van der Waals surface area contributed by atoms with Gasteiger partial charge in [0.15, 0.2) is 0 Å². The Morgan fingerprint density at radius 2 is 2.38 bits per heavy atom. The van der Waals surface area contributed by atoms with Gasteiger partial charge in [0, 0.05) is 6.42 Å². The maximum Gasteiger partial charge on any atom is 0.132 e. The molecule has 0 aromatic heterocycles. The molecule has 3 heteroatoms. The van der Waals surface area contributed by atoms with E-state index in [0.717, 1.165) is 0 Å². The van der Waals surface area contributed by atoms with E-state index >= 15 is 0 Å². The summed E-state index contributed by atoms with van der Waals surface area (Å²) in [5, 5.41) is 7.93. The molecule has 0 amide bonds. The van der Waals surface area contributed by atoms with Crippen LogP contribution in [0.3, 0.4) is 0 Å². The summed E-state index contributed by atoms with van der Waals surface area (Å²) < 4.78 is 0. The van der Waals surface area contributed by atoms with E-state index in [1.54, 1.807) is 6.92 Å². The van der Waals surface area contributed by atoms with E-state index in [9.17, 15) is 4.79 Å². The minimum absolute atomic E-state index is 0.0200. The summed E-state index contributed by atoms with van der Waals surface area (Å²) in [6.07, 6.45) is -0.0938. The monoisotopic (exact) mass is 118 g/mol. The van der Waals surface area contributed by atoms with Crippen LogP contribution >= 0.6 is 0 Å². The Labute approximate surface area is 48.2 Å². The second-order valence-electron chi connectivity index (χ2n) is 1.82. The van der Waals surface area contributed by atoms with Crippen LogP contribution in [0, 0.1) is 0 Å². The van der Waals surface area contributed by atoms with Gasteiger partial charge in [-0.1, -0.05) is 0 Å². The number of carbonyl (C=O) groups is 1. The third-order valence-corrected chi connectivity index (χ3v) is 0.755. The maximum absolute atomic E-state index is 10.2. The molecule has 0 aliphatic carbocycles. The van der Waals surface area contributed by atoms with E-state index in [1.165, 1.54) is 6.92 Å². The summed E-state index contributed by atoms with van der Waals surface area (Å²) in [7, 11) is 0. The van der Waals surface area contributed by atoms with E-state index < -0.39 is 0 Å². The molecule has 0 aromatic rings. The van der Waals surface area contributed by atoms with Crippen molar-refractivity contribution in [3.05, 3.63) is 0 Å². The lowest BCUT2D eigenvalue weighted by molar-refractivity contribution is -0.273. The fraction of sp³-hybridized carbons (Fsp3) is 0.800. The van der Waals surface area contributed by atoms with E-state index in [-0.39, 0.29) is 18.3 Å². The van der Waals surface area contributed by atoms with Gasteiger partial charge in [0.1, 0.15) is 5.78 Å². The van der Waals surface area contributed by atoms with Crippen molar-refractivity contribution in [2.75, 3.05) is 0 Å². The van der Waals surface area contributed by atoms with Crippen molar-refractivity contribution in [3.63, 3.8) is 0 Å². The quantitative estimate of drug-likeness (QED) is 0.441. The first-order valence-corrected chi connectivity index (χ1v) is 2.46. The molecule has 3 nitrogen and oxygen atoms in total. The van der Waals surface area contributed by atoms with Crippen LogP contribution in [0.4, 0.5) is 0 Å². The molecule has 0 spiro atoms. The Kier molecular flexibility index (Phi) is 3.39. The first-order valence-electron chi connectivity index (χ1n) is 2.46. The lowest BCUT2D eigenvalue weighted by Crippen LogP contribution is -2.09. The molecule has 8 heavy (non-hydrogen) atoms. The minimum Gasteiger partial charge on any atom is -0.300 e. The molecule has 0 radical (unpaired) electrons. The van der Waals surface area contributed by atoms with Gasteiger partial charge in [-0.15, -0.1) is 0 Å². The number of hydrogen-bond donors (Lipinski definition) is 1. The van der Waals surface area contributed by atoms with Crippen LogP contribution in [-0.2, 0) is 9.68 Å². The molecule has 0 saturated heterocycles. The first-order chi connectivity index (χ1) is 3.66. The van der Waals surface area contributed by atoms with Gasteiger partial charge >= 0.3 is 0 Å². The predicted octanol–water partition coefficient (Wildman–Crippen LogP) is 0.844. The van der Waals surface area contributed by atoms with Crippen molar-refractivity contribution in [2.24, 2.45) is 0 Å². The summed E-state index contributed by atoms with van der Waals surface area (Å²) in [5.41, 5.74) is 0. The predicted molar refractivity (Wildman–Crippen MR) is 28.5 cm³/mol. The summed E-state index contributed by atoms with van der Waals surface area (Å²) in [6.45, 7) is 3.08. The van der Waals surface area contributed by atoms with Crippen LogP contribution in [0.25, 0.3) is 0 Å². The molecule has 0 bridgehead atoms. The topological polar surface area (TPSA) is 46.5 Å².